The van der Waals surface area contributed by atoms with Crippen molar-refractivity contribution in [2.45, 2.75) is 43.8 Å². The molecule has 0 aromatic carbocycles. The van der Waals surface area contributed by atoms with Gasteiger partial charge in [-0.1, -0.05) is 22.7 Å². The predicted octanol–water partition coefficient (Wildman–Crippen LogP) is 3.47. The monoisotopic (exact) mass is 448 g/mol. The number of piperidine rings is 1. The number of halogens is 1. The number of rotatable bonds is 4. The SMILES string of the molecule is CN(c1nc2sc(-n3cnc(-c4cn[nH]c4)c3)nc2s1)C1C[C@H]2CC[C@@H](C1)N2.Cl. The van der Waals surface area contributed by atoms with Gasteiger partial charge in [0.15, 0.2) is 19.9 Å². The van der Waals surface area contributed by atoms with E-state index in [0.29, 0.717) is 18.1 Å². The summed E-state index contributed by atoms with van der Waals surface area (Å²) in [7, 11) is 2.19. The van der Waals surface area contributed by atoms with Crippen LogP contribution in [0.15, 0.2) is 24.9 Å². The van der Waals surface area contributed by atoms with Gasteiger partial charge in [-0.05, 0) is 25.7 Å². The highest BCUT2D eigenvalue weighted by atomic mass is 35.5. The molecule has 2 bridgehead atoms. The Bertz CT molecular complexity index is 1070. The van der Waals surface area contributed by atoms with Gasteiger partial charge in [0.25, 0.3) is 0 Å². The number of H-pyrrole nitrogens is 1. The fourth-order valence-corrected chi connectivity index (χ4v) is 6.36. The maximum absolute atomic E-state index is 4.89. The van der Waals surface area contributed by atoms with Crippen LogP contribution < -0.4 is 10.2 Å². The van der Waals surface area contributed by atoms with Crippen molar-refractivity contribution in [2.75, 3.05) is 11.9 Å². The van der Waals surface area contributed by atoms with Crippen molar-refractivity contribution in [1.82, 2.24) is 35.0 Å². The van der Waals surface area contributed by atoms with Crippen molar-refractivity contribution < 1.29 is 0 Å². The van der Waals surface area contributed by atoms with Gasteiger partial charge in [0.2, 0.25) is 0 Å². The van der Waals surface area contributed by atoms with Crippen LogP contribution in [-0.2, 0) is 0 Å². The molecule has 11 heteroatoms. The summed E-state index contributed by atoms with van der Waals surface area (Å²) in [5, 5.41) is 12.5. The van der Waals surface area contributed by atoms with Gasteiger partial charge in [-0.15, -0.1) is 12.4 Å². The highest BCUT2D eigenvalue weighted by molar-refractivity contribution is 7.29. The smallest absolute Gasteiger partial charge is 0.198 e. The van der Waals surface area contributed by atoms with Crippen LogP contribution in [0.5, 0.6) is 0 Å². The number of nitrogens with one attached hydrogen (secondary N) is 2. The second kappa shape index (κ2) is 7.35. The lowest BCUT2D eigenvalue weighted by Gasteiger charge is -2.35. The molecule has 2 fully saturated rings. The molecule has 0 radical (unpaired) electrons. The van der Waals surface area contributed by atoms with Crippen LogP contribution in [0.4, 0.5) is 5.13 Å². The first-order valence-corrected chi connectivity index (χ1v) is 11.2. The molecule has 152 valence electrons. The van der Waals surface area contributed by atoms with Gasteiger partial charge in [0, 0.05) is 43.1 Å². The number of hydrogen-bond donors (Lipinski definition) is 2. The number of aromatic nitrogens is 6. The molecular weight excluding hydrogens is 428 g/mol. The minimum atomic E-state index is 0. The number of nitrogens with zero attached hydrogens (tertiary/aromatic N) is 6. The number of aromatic amines is 1. The largest absolute Gasteiger partial charge is 0.348 e. The third kappa shape index (κ3) is 3.33. The summed E-state index contributed by atoms with van der Waals surface area (Å²) in [5.74, 6) is 0. The summed E-state index contributed by atoms with van der Waals surface area (Å²) in [6.45, 7) is 0. The van der Waals surface area contributed by atoms with E-state index in [1.807, 2.05) is 17.0 Å². The van der Waals surface area contributed by atoms with Gasteiger partial charge in [0.1, 0.15) is 6.33 Å². The summed E-state index contributed by atoms with van der Waals surface area (Å²) in [4.78, 5) is 18.5. The van der Waals surface area contributed by atoms with Gasteiger partial charge in [0.05, 0.1) is 11.9 Å². The summed E-state index contributed by atoms with van der Waals surface area (Å²) < 4.78 is 1.95. The highest BCUT2D eigenvalue weighted by Crippen LogP contribution is 2.37. The molecule has 6 rings (SSSR count). The van der Waals surface area contributed by atoms with Crippen molar-refractivity contribution in [3.63, 3.8) is 0 Å². The van der Waals surface area contributed by atoms with E-state index < -0.39 is 0 Å². The molecule has 4 aromatic heterocycles. The van der Waals surface area contributed by atoms with Gasteiger partial charge >= 0.3 is 0 Å². The number of thiazole rings is 2. The van der Waals surface area contributed by atoms with Crippen LogP contribution in [0.2, 0.25) is 0 Å². The molecule has 29 heavy (non-hydrogen) atoms. The highest BCUT2D eigenvalue weighted by Gasteiger charge is 2.36. The summed E-state index contributed by atoms with van der Waals surface area (Å²) in [6.07, 6.45) is 12.4. The summed E-state index contributed by atoms with van der Waals surface area (Å²) >= 11 is 3.29. The molecule has 0 amide bonds. The molecule has 2 saturated heterocycles. The molecule has 0 aliphatic carbocycles. The second-order valence-corrected chi connectivity index (χ2v) is 9.54. The van der Waals surface area contributed by atoms with E-state index in [4.69, 9.17) is 9.97 Å². The van der Waals surface area contributed by atoms with E-state index in [2.05, 4.69) is 32.4 Å². The summed E-state index contributed by atoms with van der Waals surface area (Å²) in [5.41, 5.74) is 1.84. The lowest BCUT2D eigenvalue weighted by atomic mass is 9.99. The fraction of sp³-hybridized carbons (Fsp3) is 0.444. The van der Waals surface area contributed by atoms with Gasteiger partial charge in [-0.25, -0.2) is 15.0 Å². The number of imidazole rings is 1. The Morgan fingerprint density at radius 2 is 1.93 bits per heavy atom. The van der Waals surface area contributed by atoms with Gasteiger partial charge in [-0.3, -0.25) is 9.67 Å². The molecule has 4 aromatic rings. The average molecular weight is 449 g/mol. The van der Waals surface area contributed by atoms with Crippen LogP contribution in [0.1, 0.15) is 25.7 Å². The Morgan fingerprint density at radius 3 is 2.66 bits per heavy atom. The van der Waals surface area contributed by atoms with Gasteiger partial charge in [-0.2, -0.15) is 5.10 Å². The zero-order chi connectivity index (χ0) is 18.7. The van der Waals surface area contributed by atoms with Crippen molar-refractivity contribution >= 4 is 49.9 Å². The standard InChI is InChI=1S/C18H20N8S2.ClH/c1-25(13-4-11-2-3-12(5-13)22-11)17-23-15-16(27-17)24-18(28-15)26-8-14(19-9-26)10-6-20-21-7-10;/h6-9,11-13,22H,2-5H2,1H3,(H,20,21);1H/t11-,12+,13?;. The van der Waals surface area contributed by atoms with E-state index in [9.17, 15) is 0 Å². The molecule has 2 aliphatic heterocycles. The van der Waals surface area contributed by atoms with Crippen molar-refractivity contribution in [1.29, 1.82) is 0 Å². The van der Waals surface area contributed by atoms with Crippen LogP contribution in [-0.4, -0.2) is 54.9 Å². The maximum Gasteiger partial charge on any atom is 0.198 e. The normalized spacial score (nSPS) is 23.4. The number of fused-ring (bicyclic) bond motifs is 3. The van der Waals surface area contributed by atoms with Crippen molar-refractivity contribution in [3.8, 4) is 16.4 Å². The number of anilines is 1. The fourth-order valence-electron chi connectivity index (χ4n) is 4.35. The van der Waals surface area contributed by atoms with Gasteiger partial charge < -0.3 is 10.2 Å². The maximum atomic E-state index is 4.89. The van der Waals surface area contributed by atoms with Crippen LogP contribution >= 0.6 is 35.1 Å². The molecular formula is C18H21ClN8S2. The zero-order valence-electron chi connectivity index (χ0n) is 15.8. The Morgan fingerprint density at radius 1 is 1.14 bits per heavy atom. The Labute approximate surface area is 181 Å². The average Bonchev–Trinajstić information content (AvgIpc) is 3.48. The van der Waals surface area contributed by atoms with E-state index in [0.717, 1.165) is 31.2 Å². The molecule has 0 saturated carbocycles. The quantitative estimate of drug-likeness (QED) is 0.497. The molecule has 0 spiro atoms. The molecule has 8 nitrogen and oxygen atoms in total. The Kier molecular flexibility index (Phi) is 4.81. The Hall–Kier alpha value is -2.01. The first-order valence-electron chi connectivity index (χ1n) is 9.53. The van der Waals surface area contributed by atoms with E-state index >= 15 is 0 Å². The van der Waals surface area contributed by atoms with E-state index in [1.54, 1.807) is 35.2 Å². The molecule has 1 unspecified atom stereocenters. The third-order valence-corrected chi connectivity index (χ3v) is 7.98. The minimum Gasteiger partial charge on any atom is -0.348 e. The minimum absolute atomic E-state index is 0. The first-order chi connectivity index (χ1) is 13.7. The van der Waals surface area contributed by atoms with Crippen molar-refractivity contribution in [3.05, 3.63) is 24.9 Å². The predicted molar refractivity (Wildman–Crippen MR) is 119 cm³/mol. The topological polar surface area (TPSA) is 87.6 Å². The number of hydrogen-bond acceptors (Lipinski definition) is 8. The molecule has 2 aliphatic rings. The van der Waals surface area contributed by atoms with E-state index in [-0.39, 0.29) is 12.4 Å². The lowest BCUT2D eigenvalue weighted by molar-refractivity contribution is 0.354. The third-order valence-electron chi connectivity index (χ3n) is 5.85. The molecule has 6 heterocycles. The molecule has 3 atom stereocenters. The van der Waals surface area contributed by atoms with E-state index in [1.165, 1.54) is 25.7 Å². The first kappa shape index (κ1) is 19.0. The second-order valence-electron chi connectivity index (χ2n) is 7.63. The summed E-state index contributed by atoms with van der Waals surface area (Å²) in [6, 6.07) is 1.94. The van der Waals surface area contributed by atoms with Crippen LogP contribution in [0.3, 0.4) is 0 Å². The molecule has 2 N–H and O–H groups in total. The zero-order valence-corrected chi connectivity index (χ0v) is 18.2. The van der Waals surface area contributed by atoms with Crippen LogP contribution in [0.25, 0.3) is 26.0 Å². The Balaban J connectivity index is 0.00000181. The lowest BCUT2D eigenvalue weighted by Crippen LogP contribution is -2.47. The van der Waals surface area contributed by atoms with Crippen molar-refractivity contribution in [2.24, 2.45) is 0 Å². The van der Waals surface area contributed by atoms with Crippen LogP contribution in [0, 0.1) is 0 Å².